The monoisotopic (exact) mass is 327 g/mol. The van der Waals surface area contributed by atoms with Crippen LogP contribution in [0.1, 0.15) is 5.56 Å². The molecule has 2 amide bonds. The molecular formula is C19H25N3O2. The standard InChI is InChI=1S/C19H25N3O2/c1-15-10-11-17(18(14-15)24-13-12-21(2)3)20-19(23)22(4)16-8-6-5-7-9-16/h5-11,14H,12-13H2,1-4H3,(H,20,23). The summed E-state index contributed by atoms with van der Waals surface area (Å²) in [6, 6.07) is 15.1. The third kappa shape index (κ3) is 4.99. The molecule has 5 nitrogen and oxygen atoms in total. The highest BCUT2D eigenvalue weighted by Gasteiger charge is 2.13. The van der Waals surface area contributed by atoms with Gasteiger partial charge in [-0.25, -0.2) is 4.79 Å². The third-order valence-electron chi connectivity index (χ3n) is 3.62. The summed E-state index contributed by atoms with van der Waals surface area (Å²) in [7, 11) is 5.74. The number of ether oxygens (including phenoxy) is 1. The summed E-state index contributed by atoms with van der Waals surface area (Å²) in [5.74, 6) is 0.687. The molecule has 0 saturated carbocycles. The Morgan fingerprint density at radius 3 is 2.46 bits per heavy atom. The minimum absolute atomic E-state index is 0.206. The summed E-state index contributed by atoms with van der Waals surface area (Å²) in [6.45, 7) is 3.37. The van der Waals surface area contributed by atoms with Crippen LogP contribution in [0.15, 0.2) is 48.5 Å². The van der Waals surface area contributed by atoms with E-state index in [1.165, 1.54) is 0 Å². The topological polar surface area (TPSA) is 44.8 Å². The van der Waals surface area contributed by atoms with Gasteiger partial charge in [0, 0.05) is 19.3 Å². The van der Waals surface area contributed by atoms with Crippen molar-refractivity contribution < 1.29 is 9.53 Å². The Kier molecular flexibility index (Phi) is 6.21. The smallest absolute Gasteiger partial charge is 0.326 e. The van der Waals surface area contributed by atoms with E-state index < -0.39 is 0 Å². The van der Waals surface area contributed by atoms with Gasteiger partial charge in [0.2, 0.25) is 0 Å². The molecule has 0 fully saturated rings. The van der Waals surface area contributed by atoms with Gasteiger partial charge in [-0.2, -0.15) is 0 Å². The van der Waals surface area contributed by atoms with Gasteiger partial charge in [0.1, 0.15) is 12.4 Å². The molecule has 0 bridgehead atoms. The average Bonchev–Trinajstić information content (AvgIpc) is 2.57. The van der Waals surface area contributed by atoms with E-state index in [2.05, 4.69) is 10.2 Å². The normalized spacial score (nSPS) is 10.5. The van der Waals surface area contributed by atoms with E-state index in [1.54, 1.807) is 11.9 Å². The number of hydrogen-bond acceptors (Lipinski definition) is 3. The van der Waals surface area contributed by atoms with Crippen LogP contribution in [0, 0.1) is 6.92 Å². The molecule has 0 spiro atoms. The summed E-state index contributed by atoms with van der Waals surface area (Å²) in [4.78, 5) is 16.1. The number of carbonyl (C=O) groups excluding carboxylic acids is 1. The largest absolute Gasteiger partial charge is 0.490 e. The van der Waals surface area contributed by atoms with Crippen molar-refractivity contribution in [3.63, 3.8) is 0 Å². The number of para-hydroxylation sites is 1. The van der Waals surface area contributed by atoms with E-state index in [-0.39, 0.29) is 6.03 Å². The van der Waals surface area contributed by atoms with E-state index in [9.17, 15) is 4.79 Å². The van der Waals surface area contributed by atoms with Gasteiger partial charge in [-0.1, -0.05) is 24.3 Å². The summed E-state index contributed by atoms with van der Waals surface area (Å²) in [5.41, 5.74) is 2.59. The number of urea groups is 1. The fraction of sp³-hybridized carbons (Fsp3) is 0.316. The van der Waals surface area contributed by atoms with Crippen molar-refractivity contribution in [2.75, 3.05) is 44.5 Å². The highest BCUT2D eigenvalue weighted by molar-refractivity contribution is 6.02. The second-order valence-electron chi connectivity index (χ2n) is 5.98. The molecule has 0 aliphatic heterocycles. The number of nitrogens with zero attached hydrogens (tertiary/aromatic N) is 2. The summed E-state index contributed by atoms with van der Waals surface area (Å²) >= 11 is 0. The maximum Gasteiger partial charge on any atom is 0.326 e. The second-order valence-corrected chi connectivity index (χ2v) is 5.98. The van der Waals surface area contributed by atoms with Crippen molar-refractivity contribution in [2.24, 2.45) is 0 Å². The number of aryl methyl sites for hydroxylation is 1. The van der Waals surface area contributed by atoms with E-state index >= 15 is 0 Å². The van der Waals surface area contributed by atoms with Gasteiger partial charge in [-0.15, -0.1) is 0 Å². The van der Waals surface area contributed by atoms with Crippen LogP contribution in [-0.2, 0) is 0 Å². The van der Waals surface area contributed by atoms with Crippen LogP contribution < -0.4 is 15.0 Å². The minimum atomic E-state index is -0.206. The molecular weight excluding hydrogens is 302 g/mol. The van der Waals surface area contributed by atoms with Crippen molar-refractivity contribution in [2.45, 2.75) is 6.92 Å². The van der Waals surface area contributed by atoms with Crippen molar-refractivity contribution in [3.8, 4) is 5.75 Å². The molecule has 2 aromatic carbocycles. The molecule has 0 aliphatic carbocycles. The molecule has 24 heavy (non-hydrogen) atoms. The zero-order valence-corrected chi connectivity index (χ0v) is 14.7. The van der Waals surface area contributed by atoms with Crippen LogP contribution in [0.2, 0.25) is 0 Å². The van der Waals surface area contributed by atoms with Crippen LogP contribution in [0.25, 0.3) is 0 Å². The Balaban J connectivity index is 2.09. The Labute approximate surface area is 143 Å². The van der Waals surface area contributed by atoms with Gasteiger partial charge in [-0.05, 0) is 50.8 Å². The van der Waals surface area contributed by atoms with Crippen LogP contribution in [0.3, 0.4) is 0 Å². The first kappa shape index (κ1) is 17.8. The lowest BCUT2D eigenvalue weighted by Gasteiger charge is -2.20. The molecule has 5 heteroatoms. The number of nitrogens with one attached hydrogen (secondary N) is 1. The Bertz CT molecular complexity index is 672. The van der Waals surface area contributed by atoms with E-state index in [0.717, 1.165) is 17.8 Å². The van der Waals surface area contributed by atoms with E-state index in [4.69, 9.17) is 4.74 Å². The average molecular weight is 327 g/mol. The lowest BCUT2D eigenvalue weighted by atomic mass is 10.2. The predicted octanol–water partition coefficient (Wildman–Crippen LogP) is 3.60. The highest BCUT2D eigenvalue weighted by atomic mass is 16.5. The van der Waals surface area contributed by atoms with Gasteiger partial charge >= 0.3 is 6.03 Å². The third-order valence-corrected chi connectivity index (χ3v) is 3.62. The zero-order chi connectivity index (χ0) is 17.5. The predicted molar refractivity (Wildman–Crippen MR) is 99.1 cm³/mol. The summed E-state index contributed by atoms with van der Waals surface area (Å²) in [5, 5.41) is 2.92. The van der Waals surface area contributed by atoms with Crippen molar-refractivity contribution in [1.82, 2.24) is 4.90 Å². The molecule has 0 unspecified atom stereocenters. The molecule has 0 saturated heterocycles. The van der Waals surface area contributed by atoms with Gasteiger partial charge in [-0.3, -0.25) is 4.90 Å². The molecule has 128 valence electrons. The maximum absolute atomic E-state index is 12.5. The fourth-order valence-corrected chi connectivity index (χ4v) is 2.16. The Morgan fingerprint density at radius 2 is 1.79 bits per heavy atom. The fourth-order valence-electron chi connectivity index (χ4n) is 2.16. The van der Waals surface area contributed by atoms with Crippen molar-refractivity contribution >= 4 is 17.4 Å². The lowest BCUT2D eigenvalue weighted by molar-refractivity contribution is 0.255. The molecule has 0 aliphatic rings. The Hall–Kier alpha value is -2.53. The van der Waals surface area contributed by atoms with Gasteiger partial charge < -0.3 is 15.0 Å². The number of rotatable bonds is 6. The van der Waals surface area contributed by atoms with E-state index in [0.29, 0.717) is 18.0 Å². The minimum Gasteiger partial charge on any atom is -0.490 e. The first-order chi connectivity index (χ1) is 11.5. The van der Waals surface area contributed by atoms with Crippen LogP contribution in [-0.4, -0.2) is 45.2 Å². The number of benzene rings is 2. The van der Waals surface area contributed by atoms with E-state index in [1.807, 2.05) is 69.6 Å². The zero-order valence-electron chi connectivity index (χ0n) is 14.7. The maximum atomic E-state index is 12.5. The van der Waals surface area contributed by atoms with Gasteiger partial charge in [0.15, 0.2) is 0 Å². The number of likely N-dealkylation sites (N-methyl/N-ethyl adjacent to an activating group) is 1. The molecule has 2 aromatic rings. The van der Waals surface area contributed by atoms with Crippen LogP contribution >= 0.6 is 0 Å². The van der Waals surface area contributed by atoms with Gasteiger partial charge in [0.25, 0.3) is 0 Å². The number of carbonyl (C=O) groups is 1. The number of amides is 2. The SMILES string of the molecule is Cc1ccc(NC(=O)N(C)c2ccccc2)c(OCCN(C)C)c1. The molecule has 0 aromatic heterocycles. The van der Waals surface area contributed by atoms with Crippen LogP contribution in [0.4, 0.5) is 16.2 Å². The molecule has 0 radical (unpaired) electrons. The second kappa shape index (κ2) is 8.36. The molecule has 1 N–H and O–H groups in total. The lowest BCUT2D eigenvalue weighted by Crippen LogP contribution is -2.31. The Morgan fingerprint density at radius 1 is 1.08 bits per heavy atom. The summed E-state index contributed by atoms with van der Waals surface area (Å²) < 4.78 is 5.84. The van der Waals surface area contributed by atoms with Crippen molar-refractivity contribution in [1.29, 1.82) is 0 Å². The van der Waals surface area contributed by atoms with Crippen LogP contribution in [0.5, 0.6) is 5.75 Å². The highest BCUT2D eigenvalue weighted by Crippen LogP contribution is 2.26. The van der Waals surface area contributed by atoms with Gasteiger partial charge in [0.05, 0.1) is 5.69 Å². The quantitative estimate of drug-likeness (QED) is 0.881. The molecule has 0 atom stereocenters. The first-order valence-corrected chi connectivity index (χ1v) is 7.95. The van der Waals surface area contributed by atoms with Crippen molar-refractivity contribution in [3.05, 3.63) is 54.1 Å². The molecule has 2 rings (SSSR count). The number of anilines is 2. The first-order valence-electron chi connectivity index (χ1n) is 7.95. The number of hydrogen-bond donors (Lipinski definition) is 1. The molecule has 0 heterocycles. The summed E-state index contributed by atoms with van der Waals surface area (Å²) in [6.07, 6.45) is 0.